The highest BCUT2D eigenvalue weighted by Crippen LogP contribution is 2.27. The Labute approximate surface area is 117 Å². The highest BCUT2D eigenvalue weighted by Gasteiger charge is 2.19. The molecule has 0 radical (unpaired) electrons. The summed E-state index contributed by atoms with van der Waals surface area (Å²) in [5.41, 5.74) is 1.85. The van der Waals surface area contributed by atoms with E-state index in [1.54, 1.807) is 19.5 Å². The highest BCUT2D eigenvalue weighted by molar-refractivity contribution is 6.30. The maximum atomic E-state index is 5.92. The van der Waals surface area contributed by atoms with Gasteiger partial charge in [-0.05, 0) is 24.2 Å². The molecule has 1 aromatic heterocycles. The van der Waals surface area contributed by atoms with Crippen LogP contribution in [0.3, 0.4) is 0 Å². The minimum absolute atomic E-state index is 0.0640. The lowest BCUT2D eigenvalue weighted by Gasteiger charge is -2.19. The second kappa shape index (κ2) is 6.50. The van der Waals surface area contributed by atoms with Crippen LogP contribution in [0.5, 0.6) is 5.88 Å². The molecule has 2 aromatic rings. The number of methoxy groups -OCH3 is 1. The molecule has 0 aliphatic rings. The normalized spacial score (nSPS) is 12.2. The van der Waals surface area contributed by atoms with E-state index in [0.717, 1.165) is 17.8 Å². The lowest BCUT2D eigenvalue weighted by atomic mass is 10.0. The number of halogens is 1. The summed E-state index contributed by atoms with van der Waals surface area (Å²) in [6, 6.07) is 7.62. The van der Waals surface area contributed by atoms with E-state index in [2.05, 4.69) is 15.3 Å². The average molecular weight is 278 g/mol. The molecule has 19 heavy (non-hydrogen) atoms. The minimum Gasteiger partial charge on any atom is -0.480 e. The zero-order valence-electron chi connectivity index (χ0n) is 10.9. The third kappa shape index (κ3) is 3.22. The first kappa shape index (κ1) is 13.8. The van der Waals surface area contributed by atoms with E-state index in [0.29, 0.717) is 10.9 Å². The summed E-state index contributed by atoms with van der Waals surface area (Å²) in [7, 11) is 1.60. The van der Waals surface area contributed by atoms with Gasteiger partial charge >= 0.3 is 0 Å². The van der Waals surface area contributed by atoms with Gasteiger partial charge in [-0.1, -0.05) is 30.7 Å². The Kier molecular flexibility index (Phi) is 4.71. The lowest BCUT2D eigenvalue weighted by molar-refractivity contribution is 0.383. The molecule has 4 nitrogen and oxygen atoms in total. The summed E-state index contributed by atoms with van der Waals surface area (Å²) >= 11 is 5.92. The van der Waals surface area contributed by atoms with Crippen LogP contribution in [0.1, 0.15) is 24.2 Å². The predicted octanol–water partition coefficient (Wildman–Crippen LogP) is 2.84. The number of nitrogens with one attached hydrogen (secondary N) is 1. The van der Waals surface area contributed by atoms with Gasteiger partial charge in [-0.2, -0.15) is 0 Å². The molecule has 1 N–H and O–H groups in total. The molecule has 100 valence electrons. The molecule has 0 aliphatic heterocycles. The fraction of sp³-hybridized carbons (Fsp3) is 0.286. The second-order valence-electron chi connectivity index (χ2n) is 3.99. The second-order valence-corrected chi connectivity index (χ2v) is 4.43. The summed E-state index contributed by atoms with van der Waals surface area (Å²) in [6.07, 6.45) is 3.28. The highest BCUT2D eigenvalue weighted by atomic mass is 35.5. The maximum Gasteiger partial charge on any atom is 0.237 e. The molecular formula is C14H16ClN3O. The van der Waals surface area contributed by atoms with Crippen LogP contribution in [0.25, 0.3) is 0 Å². The average Bonchev–Trinajstić information content (AvgIpc) is 2.46. The van der Waals surface area contributed by atoms with Crippen molar-refractivity contribution < 1.29 is 4.74 Å². The fourth-order valence-electron chi connectivity index (χ4n) is 1.92. The maximum absolute atomic E-state index is 5.92. The molecule has 0 saturated heterocycles. The molecule has 0 spiro atoms. The van der Waals surface area contributed by atoms with E-state index in [9.17, 15) is 0 Å². The number of hydrogen-bond acceptors (Lipinski definition) is 4. The molecule has 1 atom stereocenters. The molecule has 1 aromatic carbocycles. The van der Waals surface area contributed by atoms with Crippen LogP contribution < -0.4 is 10.1 Å². The van der Waals surface area contributed by atoms with Gasteiger partial charge in [0.2, 0.25) is 5.88 Å². The van der Waals surface area contributed by atoms with Gasteiger partial charge in [0.1, 0.15) is 5.69 Å². The summed E-state index contributed by atoms with van der Waals surface area (Å²) in [4.78, 5) is 8.58. The Morgan fingerprint density at radius 2 is 1.89 bits per heavy atom. The molecule has 5 heteroatoms. The predicted molar refractivity (Wildman–Crippen MR) is 75.6 cm³/mol. The van der Waals surface area contributed by atoms with Crippen LogP contribution in [0, 0.1) is 0 Å². The molecule has 0 fully saturated rings. The van der Waals surface area contributed by atoms with Gasteiger partial charge in [-0.3, -0.25) is 4.98 Å². The largest absolute Gasteiger partial charge is 0.480 e. The van der Waals surface area contributed by atoms with Crippen molar-refractivity contribution in [2.75, 3.05) is 13.7 Å². The molecule has 2 rings (SSSR count). The van der Waals surface area contributed by atoms with Crippen LogP contribution in [0.2, 0.25) is 5.02 Å². The smallest absolute Gasteiger partial charge is 0.237 e. The Hall–Kier alpha value is -1.65. The van der Waals surface area contributed by atoms with Crippen molar-refractivity contribution in [1.29, 1.82) is 0 Å². The standard InChI is InChI=1S/C14H16ClN3O/c1-3-16-12(10-4-6-11(15)7-5-10)13-14(19-2)18-9-8-17-13/h4-9,12,16H,3H2,1-2H3. The van der Waals surface area contributed by atoms with Crippen molar-refractivity contribution >= 4 is 11.6 Å². The van der Waals surface area contributed by atoms with Crippen molar-refractivity contribution in [3.63, 3.8) is 0 Å². The lowest BCUT2D eigenvalue weighted by Crippen LogP contribution is -2.23. The van der Waals surface area contributed by atoms with Crippen molar-refractivity contribution in [3.8, 4) is 5.88 Å². The van der Waals surface area contributed by atoms with E-state index in [4.69, 9.17) is 16.3 Å². The molecule has 1 heterocycles. The van der Waals surface area contributed by atoms with Crippen LogP contribution >= 0.6 is 11.6 Å². The van der Waals surface area contributed by atoms with Gasteiger partial charge in [0.15, 0.2) is 0 Å². The molecular weight excluding hydrogens is 262 g/mol. The van der Waals surface area contributed by atoms with Gasteiger partial charge in [0, 0.05) is 17.4 Å². The van der Waals surface area contributed by atoms with Gasteiger partial charge in [-0.25, -0.2) is 4.98 Å². The molecule has 0 saturated carbocycles. The number of ether oxygens (including phenoxy) is 1. The van der Waals surface area contributed by atoms with Gasteiger partial charge in [0.05, 0.1) is 13.2 Å². The van der Waals surface area contributed by atoms with Gasteiger partial charge < -0.3 is 10.1 Å². The van der Waals surface area contributed by atoms with Crippen LogP contribution in [-0.2, 0) is 0 Å². The van der Waals surface area contributed by atoms with E-state index in [1.807, 2.05) is 31.2 Å². The number of benzene rings is 1. The Bertz CT molecular complexity index is 530. The molecule has 0 amide bonds. The minimum atomic E-state index is -0.0640. The van der Waals surface area contributed by atoms with Crippen LogP contribution in [0.15, 0.2) is 36.7 Å². The van der Waals surface area contributed by atoms with E-state index < -0.39 is 0 Å². The summed E-state index contributed by atoms with van der Waals surface area (Å²) in [6.45, 7) is 2.86. The van der Waals surface area contributed by atoms with Crippen molar-refractivity contribution in [2.45, 2.75) is 13.0 Å². The van der Waals surface area contributed by atoms with E-state index in [-0.39, 0.29) is 6.04 Å². The topological polar surface area (TPSA) is 47.0 Å². The monoisotopic (exact) mass is 277 g/mol. The third-order valence-electron chi connectivity index (χ3n) is 2.77. The summed E-state index contributed by atoms with van der Waals surface area (Å²) < 4.78 is 5.28. The first-order valence-electron chi connectivity index (χ1n) is 6.10. The van der Waals surface area contributed by atoms with Gasteiger partial charge in [-0.15, -0.1) is 0 Å². The van der Waals surface area contributed by atoms with Gasteiger partial charge in [0.25, 0.3) is 0 Å². The summed E-state index contributed by atoms with van der Waals surface area (Å²) in [5.74, 6) is 0.531. The number of rotatable bonds is 5. The third-order valence-corrected chi connectivity index (χ3v) is 3.02. The summed E-state index contributed by atoms with van der Waals surface area (Å²) in [5, 5.41) is 4.10. The Balaban J connectivity index is 2.42. The van der Waals surface area contributed by atoms with Crippen molar-refractivity contribution in [2.24, 2.45) is 0 Å². The van der Waals surface area contributed by atoms with E-state index >= 15 is 0 Å². The SMILES string of the molecule is CCNC(c1ccc(Cl)cc1)c1nccnc1OC. The zero-order valence-corrected chi connectivity index (χ0v) is 11.7. The molecule has 0 aliphatic carbocycles. The number of aromatic nitrogens is 2. The quantitative estimate of drug-likeness (QED) is 0.913. The van der Waals surface area contributed by atoms with Crippen molar-refractivity contribution in [1.82, 2.24) is 15.3 Å². The first-order valence-corrected chi connectivity index (χ1v) is 6.47. The van der Waals surface area contributed by atoms with Crippen LogP contribution in [0.4, 0.5) is 0 Å². The zero-order chi connectivity index (χ0) is 13.7. The molecule has 0 bridgehead atoms. The van der Waals surface area contributed by atoms with E-state index in [1.165, 1.54) is 0 Å². The molecule has 1 unspecified atom stereocenters. The Morgan fingerprint density at radius 1 is 1.21 bits per heavy atom. The number of nitrogens with zero attached hydrogens (tertiary/aromatic N) is 2. The fourth-order valence-corrected chi connectivity index (χ4v) is 2.05. The number of hydrogen-bond donors (Lipinski definition) is 1. The Morgan fingerprint density at radius 3 is 2.53 bits per heavy atom. The van der Waals surface area contributed by atoms with Crippen LogP contribution in [-0.4, -0.2) is 23.6 Å². The van der Waals surface area contributed by atoms with Crippen molar-refractivity contribution in [3.05, 3.63) is 52.9 Å². The first-order chi connectivity index (χ1) is 9.26.